The van der Waals surface area contributed by atoms with Crippen LogP contribution in [0, 0.1) is 21.7 Å². The number of carbonyl (C=O) groups excluding carboxylic acids is 1. The summed E-state index contributed by atoms with van der Waals surface area (Å²) in [6.45, 7) is 11.3. The first-order valence-electron chi connectivity index (χ1n) is 7.86. The maximum absolute atomic E-state index is 11.5. The molecule has 0 unspecified atom stereocenters. The minimum absolute atomic E-state index is 0.103. The van der Waals surface area contributed by atoms with Crippen LogP contribution in [-0.2, 0) is 9.53 Å². The van der Waals surface area contributed by atoms with E-state index in [0.717, 1.165) is 6.42 Å². The van der Waals surface area contributed by atoms with Gasteiger partial charge in [0, 0.05) is 12.3 Å². The summed E-state index contributed by atoms with van der Waals surface area (Å²) in [5.41, 5.74) is 1.30. The molecule has 2 nitrogen and oxygen atoms in total. The maximum Gasteiger partial charge on any atom is 0.302 e. The van der Waals surface area contributed by atoms with Crippen molar-refractivity contribution in [1.82, 2.24) is 0 Å². The van der Waals surface area contributed by atoms with Gasteiger partial charge >= 0.3 is 5.97 Å². The van der Waals surface area contributed by atoms with Crippen LogP contribution in [0.15, 0.2) is 0 Å². The Labute approximate surface area is 117 Å². The molecule has 3 aliphatic rings. The highest BCUT2D eigenvalue weighted by Crippen LogP contribution is 2.81. The van der Waals surface area contributed by atoms with Crippen LogP contribution in [0.2, 0.25) is 0 Å². The van der Waals surface area contributed by atoms with Gasteiger partial charge in [-0.15, -0.1) is 0 Å². The quantitative estimate of drug-likeness (QED) is 0.659. The average Bonchev–Trinajstić information content (AvgIpc) is 2.61. The molecule has 108 valence electrons. The predicted molar refractivity (Wildman–Crippen MR) is 75.7 cm³/mol. The van der Waals surface area contributed by atoms with Gasteiger partial charge in [0.25, 0.3) is 0 Å². The molecule has 3 saturated carbocycles. The number of carbonyl (C=O) groups is 1. The van der Waals surface area contributed by atoms with Crippen molar-refractivity contribution in [2.24, 2.45) is 21.7 Å². The summed E-state index contributed by atoms with van der Waals surface area (Å²) in [6.07, 6.45) is 7.74. The summed E-state index contributed by atoms with van der Waals surface area (Å²) in [6, 6.07) is 0. The Morgan fingerprint density at radius 2 is 1.74 bits per heavy atom. The summed E-state index contributed by atoms with van der Waals surface area (Å²) in [5.74, 6) is -0.103. The van der Waals surface area contributed by atoms with Crippen molar-refractivity contribution < 1.29 is 9.53 Å². The van der Waals surface area contributed by atoms with Crippen LogP contribution in [-0.4, -0.2) is 12.1 Å². The van der Waals surface area contributed by atoms with E-state index in [-0.39, 0.29) is 17.5 Å². The Hall–Kier alpha value is -0.530. The first-order chi connectivity index (χ1) is 8.69. The van der Waals surface area contributed by atoms with Crippen LogP contribution < -0.4 is 0 Å². The zero-order valence-corrected chi connectivity index (χ0v) is 13.1. The second kappa shape index (κ2) is 3.56. The molecule has 3 aliphatic carbocycles. The van der Waals surface area contributed by atoms with Crippen molar-refractivity contribution in [1.29, 1.82) is 0 Å². The third-order valence-corrected chi connectivity index (χ3v) is 7.71. The van der Waals surface area contributed by atoms with E-state index in [2.05, 4.69) is 27.7 Å². The Morgan fingerprint density at radius 1 is 1.05 bits per heavy atom. The second-order valence-electron chi connectivity index (χ2n) is 8.37. The molecule has 0 amide bonds. The molecule has 0 aliphatic heterocycles. The van der Waals surface area contributed by atoms with E-state index in [0.29, 0.717) is 16.2 Å². The lowest BCUT2D eigenvalue weighted by Gasteiger charge is -2.56. The minimum atomic E-state index is -0.103. The Kier molecular flexibility index (Phi) is 2.52. The molecular weight excluding hydrogens is 236 g/mol. The normalized spacial score (nSPS) is 50.9. The van der Waals surface area contributed by atoms with Crippen LogP contribution in [0.3, 0.4) is 0 Å². The molecule has 0 N–H and O–H groups in total. The monoisotopic (exact) mass is 264 g/mol. The van der Waals surface area contributed by atoms with Crippen LogP contribution in [0.5, 0.6) is 0 Å². The highest BCUT2D eigenvalue weighted by Gasteiger charge is 2.76. The molecule has 0 aromatic rings. The summed E-state index contributed by atoms with van der Waals surface area (Å²) < 4.78 is 5.75. The highest BCUT2D eigenvalue weighted by molar-refractivity contribution is 5.66. The fourth-order valence-corrected chi connectivity index (χ4v) is 6.34. The van der Waals surface area contributed by atoms with E-state index in [1.54, 1.807) is 6.92 Å². The summed E-state index contributed by atoms with van der Waals surface area (Å²) in [7, 11) is 0. The van der Waals surface area contributed by atoms with Gasteiger partial charge in [-0.1, -0.05) is 34.1 Å². The molecule has 3 fully saturated rings. The fourth-order valence-electron chi connectivity index (χ4n) is 6.34. The molecule has 4 atom stereocenters. The van der Waals surface area contributed by atoms with E-state index < -0.39 is 0 Å². The fraction of sp³-hybridized carbons (Fsp3) is 0.941. The van der Waals surface area contributed by atoms with Gasteiger partial charge in [0.05, 0.1) is 0 Å². The van der Waals surface area contributed by atoms with Crippen LogP contribution in [0.25, 0.3) is 0 Å². The second-order valence-corrected chi connectivity index (χ2v) is 8.37. The number of hydrogen-bond donors (Lipinski definition) is 0. The van der Waals surface area contributed by atoms with E-state index in [4.69, 9.17) is 4.74 Å². The van der Waals surface area contributed by atoms with E-state index in [1.165, 1.54) is 32.1 Å². The van der Waals surface area contributed by atoms with E-state index in [9.17, 15) is 4.79 Å². The van der Waals surface area contributed by atoms with Gasteiger partial charge in [0.1, 0.15) is 6.10 Å². The minimum Gasteiger partial charge on any atom is -0.462 e. The van der Waals surface area contributed by atoms with Crippen LogP contribution in [0.4, 0.5) is 0 Å². The molecule has 0 spiro atoms. The van der Waals surface area contributed by atoms with E-state index in [1.807, 2.05) is 0 Å². The standard InChI is InChI=1S/C17H28O2/c1-12(18)19-13-11-17-10-9-15(13,4)16(17,5)8-6-7-14(17,2)3/h13H,6-11H2,1-5H3/t13-,15+,16+,17-/m0/s1. The summed E-state index contributed by atoms with van der Waals surface area (Å²) >= 11 is 0. The maximum atomic E-state index is 11.5. The smallest absolute Gasteiger partial charge is 0.302 e. The zero-order valence-electron chi connectivity index (χ0n) is 13.1. The molecule has 0 saturated heterocycles. The van der Waals surface area contributed by atoms with Gasteiger partial charge in [-0.25, -0.2) is 0 Å². The summed E-state index contributed by atoms with van der Waals surface area (Å²) in [4.78, 5) is 11.5. The van der Waals surface area contributed by atoms with Crippen molar-refractivity contribution in [2.75, 3.05) is 0 Å². The van der Waals surface area contributed by atoms with Crippen molar-refractivity contribution in [3.63, 3.8) is 0 Å². The van der Waals surface area contributed by atoms with Crippen molar-refractivity contribution in [2.45, 2.75) is 79.2 Å². The molecule has 0 aromatic heterocycles. The van der Waals surface area contributed by atoms with Crippen molar-refractivity contribution in [3.05, 3.63) is 0 Å². The molecule has 2 bridgehead atoms. The number of ether oxygens (including phenoxy) is 1. The van der Waals surface area contributed by atoms with Crippen LogP contribution >= 0.6 is 0 Å². The Morgan fingerprint density at radius 3 is 2.32 bits per heavy atom. The van der Waals surface area contributed by atoms with Crippen LogP contribution in [0.1, 0.15) is 73.1 Å². The zero-order chi connectivity index (χ0) is 14.1. The lowest BCUT2D eigenvalue weighted by atomic mass is 9.47. The van der Waals surface area contributed by atoms with Gasteiger partial charge in [0.2, 0.25) is 0 Å². The first-order valence-corrected chi connectivity index (χ1v) is 7.86. The largest absolute Gasteiger partial charge is 0.462 e. The number of esters is 1. The first kappa shape index (κ1) is 13.5. The Balaban J connectivity index is 2.07. The molecule has 0 heterocycles. The topological polar surface area (TPSA) is 26.3 Å². The molecule has 19 heavy (non-hydrogen) atoms. The lowest BCUT2D eigenvalue weighted by molar-refractivity contribution is -0.154. The SMILES string of the molecule is CC(=O)O[C@H]1C[C@]23CC[C@@]1(C)[C@@]2(C)CCCC3(C)C. The molecular formula is C17H28O2. The van der Waals surface area contributed by atoms with Gasteiger partial charge in [-0.3, -0.25) is 4.79 Å². The average molecular weight is 264 g/mol. The number of hydrogen-bond acceptors (Lipinski definition) is 2. The predicted octanol–water partition coefficient (Wildman–Crippen LogP) is 4.32. The van der Waals surface area contributed by atoms with Gasteiger partial charge in [-0.05, 0) is 48.3 Å². The molecule has 0 aromatic carbocycles. The van der Waals surface area contributed by atoms with Crippen molar-refractivity contribution in [3.8, 4) is 0 Å². The lowest BCUT2D eigenvalue weighted by Crippen LogP contribution is -2.49. The number of rotatable bonds is 1. The van der Waals surface area contributed by atoms with Gasteiger partial charge in [-0.2, -0.15) is 0 Å². The summed E-state index contributed by atoms with van der Waals surface area (Å²) in [5, 5.41) is 0. The van der Waals surface area contributed by atoms with E-state index >= 15 is 0 Å². The third-order valence-electron chi connectivity index (χ3n) is 7.71. The Bertz CT molecular complexity index is 427. The molecule has 2 heteroatoms. The third kappa shape index (κ3) is 1.31. The molecule has 0 radical (unpaired) electrons. The van der Waals surface area contributed by atoms with Crippen molar-refractivity contribution >= 4 is 5.97 Å². The van der Waals surface area contributed by atoms with Gasteiger partial charge < -0.3 is 4.74 Å². The molecule has 3 rings (SSSR count). The highest BCUT2D eigenvalue weighted by atomic mass is 16.5. The van der Waals surface area contributed by atoms with Gasteiger partial charge in [0.15, 0.2) is 0 Å².